The van der Waals surface area contributed by atoms with E-state index in [2.05, 4.69) is 29.1 Å². The highest BCUT2D eigenvalue weighted by atomic mass is 16.3. The van der Waals surface area contributed by atoms with Crippen LogP contribution in [-0.2, 0) is 13.7 Å². The molecule has 0 aromatic carbocycles. The first-order valence-corrected chi connectivity index (χ1v) is 10.7. The number of aryl methyl sites for hydroxylation is 2. The van der Waals surface area contributed by atoms with Crippen LogP contribution in [0.2, 0.25) is 0 Å². The van der Waals surface area contributed by atoms with Crippen molar-refractivity contribution in [2.24, 2.45) is 7.05 Å². The van der Waals surface area contributed by atoms with Crippen molar-refractivity contribution < 1.29 is 5.11 Å². The predicted molar refractivity (Wildman–Crippen MR) is 125 cm³/mol. The minimum absolute atomic E-state index is 0.139. The molecule has 0 fully saturated rings. The SMILES string of the molecule is Cc1c(-c2ccn(C(C)C)n2)cn2nc(-c3nccn3C)nc(Nc3cccc(CO)n3)c12. The molecule has 0 aliphatic heterocycles. The lowest BCUT2D eigenvalue weighted by atomic mass is 10.1. The summed E-state index contributed by atoms with van der Waals surface area (Å²) in [6.45, 7) is 6.09. The van der Waals surface area contributed by atoms with Crippen LogP contribution in [0.1, 0.15) is 31.1 Å². The summed E-state index contributed by atoms with van der Waals surface area (Å²) in [5.74, 6) is 2.30. The smallest absolute Gasteiger partial charge is 0.218 e. The van der Waals surface area contributed by atoms with E-state index in [-0.39, 0.29) is 12.6 Å². The Morgan fingerprint density at radius 1 is 1.09 bits per heavy atom. The maximum atomic E-state index is 9.47. The van der Waals surface area contributed by atoms with E-state index >= 15 is 0 Å². The molecule has 5 rings (SSSR count). The van der Waals surface area contributed by atoms with Crippen LogP contribution >= 0.6 is 0 Å². The quantitative estimate of drug-likeness (QED) is 0.413. The Labute approximate surface area is 190 Å². The van der Waals surface area contributed by atoms with Gasteiger partial charge in [0.25, 0.3) is 0 Å². The van der Waals surface area contributed by atoms with Gasteiger partial charge in [-0.3, -0.25) is 4.68 Å². The van der Waals surface area contributed by atoms with E-state index in [0.717, 1.165) is 22.3 Å². The monoisotopic (exact) mass is 443 g/mol. The number of aliphatic hydroxyl groups excluding tert-OH is 1. The average molecular weight is 444 g/mol. The zero-order valence-corrected chi connectivity index (χ0v) is 18.9. The van der Waals surface area contributed by atoms with Crippen molar-refractivity contribution in [1.29, 1.82) is 0 Å². The molecular formula is C23H25N9O. The van der Waals surface area contributed by atoms with Gasteiger partial charge in [-0.05, 0) is 44.5 Å². The molecule has 0 spiro atoms. The molecule has 0 saturated carbocycles. The number of hydrogen-bond acceptors (Lipinski definition) is 7. The van der Waals surface area contributed by atoms with Crippen LogP contribution in [0, 0.1) is 6.92 Å². The van der Waals surface area contributed by atoms with Crippen LogP contribution in [0.15, 0.2) is 49.1 Å². The number of aromatic nitrogens is 8. The second-order valence-electron chi connectivity index (χ2n) is 8.18. The highest BCUT2D eigenvalue weighted by Crippen LogP contribution is 2.32. The average Bonchev–Trinajstić information content (AvgIpc) is 3.52. The fraction of sp³-hybridized carbons (Fsp3) is 0.261. The standard InChI is InChI=1S/C23H25N9O/c1-14(2)31-10-8-18(28-31)17-12-32-20(15(17)3)21(26-19-7-5-6-16(13-33)25-19)27-22(29-32)23-24-9-11-30(23)4/h5-12,14,33H,13H2,1-4H3,(H,25,26,27,29). The Bertz CT molecular complexity index is 1440. The molecule has 5 heterocycles. The van der Waals surface area contributed by atoms with Crippen molar-refractivity contribution in [3.05, 3.63) is 60.3 Å². The van der Waals surface area contributed by atoms with E-state index in [9.17, 15) is 5.11 Å². The molecule has 10 nitrogen and oxygen atoms in total. The Balaban J connectivity index is 1.69. The minimum atomic E-state index is -0.139. The normalized spacial score (nSPS) is 11.6. The molecule has 10 heteroatoms. The molecule has 0 saturated heterocycles. The summed E-state index contributed by atoms with van der Waals surface area (Å²) in [5.41, 5.74) is 4.23. The van der Waals surface area contributed by atoms with E-state index in [0.29, 0.717) is 29.0 Å². The van der Waals surface area contributed by atoms with E-state index in [4.69, 9.17) is 15.2 Å². The number of nitrogens with zero attached hydrogens (tertiary/aromatic N) is 8. The van der Waals surface area contributed by atoms with Crippen LogP contribution in [0.4, 0.5) is 11.6 Å². The van der Waals surface area contributed by atoms with Crippen molar-refractivity contribution in [2.75, 3.05) is 5.32 Å². The predicted octanol–water partition coefficient (Wildman–Crippen LogP) is 3.51. The summed E-state index contributed by atoms with van der Waals surface area (Å²) in [6, 6.07) is 7.73. The van der Waals surface area contributed by atoms with Gasteiger partial charge >= 0.3 is 0 Å². The highest BCUT2D eigenvalue weighted by Gasteiger charge is 2.20. The third kappa shape index (κ3) is 3.74. The second kappa shape index (κ2) is 8.14. The zero-order chi connectivity index (χ0) is 23.1. The van der Waals surface area contributed by atoms with Crippen LogP contribution < -0.4 is 5.32 Å². The number of pyridine rings is 1. The van der Waals surface area contributed by atoms with E-state index < -0.39 is 0 Å². The molecule has 0 bridgehead atoms. The molecule has 0 aliphatic carbocycles. The second-order valence-corrected chi connectivity index (χ2v) is 8.18. The summed E-state index contributed by atoms with van der Waals surface area (Å²) in [5, 5.41) is 22.3. The first-order chi connectivity index (χ1) is 15.9. The van der Waals surface area contributed by atoms with Gasteiger partial charge in [0.15, 0.2) is 11.6 Å². The topological polar surface area (TPSA) is 111 Å². The Hall–Kier alpha value is -4.05. The maximum Gasteiger partial charge on any atom is 0.218 e. The first-order valence-electron chi connectivity index (χ1n) is 10.7. The van der Waals surface area contributed by atoms with Gasteiger partial charge < -0.3 is 15.0 Å². The number of aliphatic hydroxyl groups is 1. The number of nitrogens with one attached hydrogen (secondary N) is 1. The fourth-order valence-corrected chi connectivity index (χ4v) is 3.78. The molecule has 5 aromatic heterocycles. The van der Waals surface area contributed by atoms with Crippen molar-refractivity contribution >= 4 is 17.2 Å². The van der Waals surface area contributed by atoms with Crippen LogP contribution in [0.3, 0.4) is 0 Å². The van der Waals surface area contributed by atoms with E-state index in [1.807, 2.05) is 64.5 Å². The first kappa shape index (κ1) is 20.8. The maximum absolute atomic E-state index is 9.47. The van der Waals surface area contributed by atoms with Crippen LogP contribution in [-0.4, -0.2) is 44.0 Å². The lowest BCUT2D eigenvalue weighted by Gasteiger charge is -2.10. The third-order valence-electron chi connectivity index (χ3n) is 5.53. The van der Waals surface area contributed by atoms with Gasteiger partial charge in [-0.1, -0.05) is 6.07 Å². The van der Waals surface area contributed by atoms with Gasteiger partial charge in [-0.15, -0.1) is 5.10 Å². The lowest BCUT2D eigenvalue weighted by molar-refractivity contribution is 0.277. The van der Waals surface area contributed by atoms with Crippen molar-refractivity contribution in [3.8, 4) is 22.9 Å². The summed E-state index contributed by atoms with van der Waals surface area (Å²) >= 11 is 0. The van der Waals surface area contributed by atoms with Gasteiger partial charge in [0.1, 0.15) is 11.3 Å². The molecular weight excluding hydrogens is 418 g/mol. The molecule has 0 amide bonds. The fourth-order valence-electron chi connectivity index (χ4n) is 3.78. The number of anilines is 2. The largest absolute Gasteiger partial charge is 0.390 e. The number of hydrogen-bond donors (Lipinski definition) is 2. The number of fused-ring (bicyclic) bond motifs is 1. The molecule has 0 radical (unpaired) electrons. The Morgan fingerprint density at radius 2 is 1.94 bits per heavy atom. The van der Waals surface area contributed by atoms with E-state index in [1.54, 1.807) is 12.3 Å². The minimum Gasteiger partial charge on any atom is -0.390 e. The summed E-state index contributed by atoms with van der Waals surface area (Å²) < 4.78 is 5.62. The summed E-state index contributed by atoms with van der Waals surface area (Å²) in [7, 11) is 1.90. The van der Waals surface area contributed by atoms with Crippen molar-refractivity contribution in [1.82, 2.24) is 38.9 Å². The van der Waals surface area contributed by atoms with Crippen molar-refractivity contribution in [3.63, 3.8) is 0 Å². The molecule has 0 unspecified atom stereocenters. The third-order valence-corrected chi connectivity index (χ3v) is 5.53. The number of imidazole rings is 1. The summed E-state index contributed by atoms with van der Waals surface area (Å²) in [4.78, 5) is 13.7. The van der Waals surface area contributed by atoms with E-state index in [1.165, 1.54) is 0 Å². The van der Waals surface area contributed by atoms with Crippen LogP contribution in [0.25, 0.3) is 28.4 Å². The lowest BCUT2D eigenvalue weighted by Crippen LogP contribution is -2.07. The van der Waals surface area contributed by atoms with Crippen LogP contribution in [0.5, 0.6) is 0 Å². The summed E-state index contributed by atoms with van der Waals surface area (Å²) in [6.07, 6.45) is 7.52. The molecule has 168 valence electrons. The number of rotatable bonds is 6. The molecule has 33 heavy (non-hydrogen) atoms. The van der Waals surface area contributed by atoms with Gasteiger partial charge in [-0.25, -0.2) is 19.5 Å². The van der Waals surface area contributed by atoms with Gasteiger partial charge in [0.2, 0.25) is 5.82 Å². The Kier molecular flexibility index (Phi) is 5.14. The molecule has 5 aromatic rings. The highest BCUT2D eigenvalue weighted by molar-refractivity contribution is 5.84. The zero-order valence-electron chi connectivity index (χ0n) is 18.9. The molecule has 0 atom stereocenters. The van der Waals surface area contributed by atoms with Gasteiger partial charge in [0, 0.05) is 43.4 Å². The molecule has 2 N–H and O–H groups in total. The van der Waals surface area contributed by atoms with Crippen molar-refractivity contribution in [2.45, 2.75) is 33.4 Å². The Morgan fingerprint density at radius 3 is 2.64 bits per heavy atom. The van der Waals surface area contributed by atoms with Gasteiger partial charge in [0.05, 0.1) is 18.0 Å². The van der Waals surface area contributed by atoms with Gasteiger partial charge in [-0.2, -0.15) is 5.10 Å². The molecule has 0 aliphatic rings.